The van der Waals surface area contributed by atoms with Gasteiger partial charge < -0.3 is 20.0 Å². The number of carbonyl (C=O) groups excluding carboxylic acids is 3. The van der Waals surface area contributed by atoms with Gasteiger partial charge in [-0.05, 0) is 12.8 Å². The van der Waals surface area contributed by atoms with E-state index >= 15 is 0 Å². The summed E-state index contributed by atoms with van der Waals surface area (Å²) in [7, 11) is 0.897. The van der Waals surface area contributed by atoms with Gasteiger partial charge >= 0.3 is 18.1 Å². The number of hydrogen-bond acceptors (Lipinski definition) is 5. The lowest BCUT2D eigenvalue weighted by molar-refractivity contribution is -0.305. The number of nitrogens with one attached hydrogen (secondary N) is 1. The summed E-state index contributed by atoms with van der Waals surface area (Å²) >= 11 is 0. The van der Waals surface area contributed by atoms with E-state index in [1.165, 1.54) is 5.32 Å². The fourth-order valence-electron chi connectivity index (χ4n) is 0.893. The topological polar surface area (TPSA) is 95.5 Å². The molecule has 1 N–H and O–H groups in total. The van der Waals surface area contributed by atoms with Crippen LogP contribution in [0, 0.1) is 0 Å². The summed E-state index contributed by atoms with van der Waals surface area (Å²) in [6.45, 7) is 0. The average Bonchev–Trinajstić information content (AvgIpc) is 2.20. The molecule has 1 amide bonds. The maximum absolute atomic E-state index is 11.9. The van der Waals surface area contributed by atoms with Gasteiger partial charge in [0, 0.05) is 5.97 Å². The number of carboxylic acid groups (broad SMARTS) is 1. The Kier molecular flexibility index (Phi) is 5.42. The molecule has 0 saturated carbocycles. The Morgan fingerprint density at radius 3 is 2.24 bits per heavy atom. The number of carboxylic acids is 1. The molecule has 98 valence electrons. The molecule has 9 heteroatoms. The van der Waals surface area contributed by atoms with E-state index in [4.69, 9.17) is 0 Å². The zero-order valence-electron chi connectivity index (χ0n) is 8.67. The van der Waals surface area contributed by atoms with E-state index in [9.17, 15) is 32.7 Å². The highest BCUT2D eigenvalue weighted by atomic mass is 19.4. The van der Waals surface area contributed by atoms with Crippen LogP contribution in [0.3, 0.4) is 0 Å². The van der Waals surface area contributed by atoms with Gasteiger partial charge in [-0.25, -0.2) is 4.79 Å². The van der Waals surface area contributed by atoms with Gasteiger partial charge in [-0.2, -0.15) is 13.2 Å². The number of carbonyl (C=O) groups is 3. The first-order valence-electron chi connectivity index (χ1n) is 4.33. The minimum atomic E-state index is -5.16. The Labute approximate surface area is 93.7 Å². The number of esters is 1. The predicted molar refractivity (Wildman–Crippen MR) is 44.2 cm³/mol. The zero-order valence-corrected chi connectivity index (χ0v) is 8.67. The highest BCUT2D eigenvalue weighted by Crippen LogP contribution is 2.15. The van der Waals surface area contributed by atoms with Gasteiger partial charge in [0.25, 0.3) is 0 Å². The van der Waals surface area contributed by atoms with Crippen LogP contribution in [0.25, 0.3) is 0 Å². The number of rotatable bonds is 5. The van der Waals surface area contributed by atoms with E-state index < -0.39 is 42.9 Å². The van der Waals surface area contributed by atoms with E-state index in [-0.39, 0.29) is 0 Å². The van der Waals surface area contributed by atoms with Gasteiger partial charge in [0.05, 0.1) is 7.11 Å². The first kappa shape index (κ1) is 15.2. The fourth-order valence-corrected chi connectivity index (χ4v) is 0.893. The molecular weight excluding hydrogens is 247 g/mol. The number of hydrogen-bond donors (Lipinski definition) is 1. The zero-order chi connectivity index (χ0) is 13.6. The van der Waals surface area contributed by atoms with Crippen molar-refractivity contribution >= 4 is 17.8 Å². The van der Waals surface area contributed by atoms with Gasteiger partial charge in [0.1, 0.15) is 6.04 Å². The van der Waals surface area contributed by atoms with Crippen LogP contribution in [0.1, 0.15) is 12.8 Å². The van der Waals surface area contributed by atoms with Crippen LogP contribution in [0.4, 0.5) is 13.2 Å². The number of halogens is 3. The second kappa shape index (κ2) is 6.06. The van der Waals surface area contributed by atoms with Crippen LogP contribution in [0.2, 0.25) is 0 Å². The number of aliphatic carboxylic acids is 1. The molecule has 0 aliphatic rings. The molecular formula is C8H9F3NO5-. The Morgan fingerprint density at radius 2 is 1.88 bits per heavy atom. The van der Waals surface area contributed by atoms with E-state index in [0.717, 1.165) is 7.11 Å². The van der Waals surface area contributed by atoms with Crippen LogP contribution in [-0.4, -0.2) is 37.2 Å². The summed E-state index contributed by atoms with van der Waals surface area (Å²) in [5.41, 5.74) is 0. The van der Waals surface area contributed by atoms with Crippen molar-refractivity contribution in [3.63, 3.8) is 0 Å². The molecule has 6 nitrogen and oxygen atoms in total. The second-order valence-corrected chi connectivity index (χ2v) is 2.96. The van der Waals surface area contributed by atoms with E-state index in [0.29, 0.717) is 0 Å². The van der Waals surface area contributed by atoms with Gasteiger partial charge in [0.15, 0.2) is 0 Å². The molecule has 0 aromatic rings. The summed E-state index contributed by atoms with van der Waals surface area (Å²) in [6.07, 6.45) is -6.39. The summed E-state index contributed by atoms with van der Waals surface area (Å²) < 4.78 is 39.8. The van der Waals surface area contributed by atoms with Crippen molar-refractivity contribution in [1.29, 1.82) is 0 Å². The SMILES string of the molecule is COC(=O)[C@@H](CCC(=O)[O-])NC(=O)C(F)(F)F. The average molecular weight is 256 g/mol. The largest absolute Gasteiger partial charge is 0.550 e. The quantitative estimate of drug-likeness (QED) is 0.619. The molecule has 0 unspecified atom stereocenters. The third kappa shape index (κ3) is 5.73. The van der Waals surface area contributed by atoms with Crippen molar-refractivity contribution in [3.05, 3.63) is 0 Å². The predicted octanol–water partition coefficient (Wildman–Crippen LogP) is -1.26. The Hall–Kier alpha value is -1.80. The van der Waals surface area contributed by atoms with Crippen molar-refractivity contribution in [2.24, 2.45) is 0 Å². The van der Waals surface area contributed by atoms with Crippen molar-refractivity contribution in [2.75, 3.05) is 7.11 Å². The third-order valence-electron chi connectivity index (χ3n) is 1.69. The maximum Gasteiger partial charge on any atom is 0.471 e. The van der Waals surface area contributed by atoms with E-state index in [1.807, 2.05) is 0 Å². The molecule has 0 aromatic carbocycles. The second-order valence-electron chi connectivity index (χ2n) is 2.96. The minimum Gasteiger partial charge on any atom is -0.550 e. The Bertz CT molecular complexity index is 315. The molecule has 0 radical (unpaired) electrons. The molecule has 0 fully saturated rings. The van der Waals surface area contributed by atoms with E-state index in [2.05, 4.69) is 4.74 Å². The van der Waals surface area contributed by atoms with Crippen LogP contribution in [-0.2, 0) is 19.1 Å². The molecule has 0 aromatic heterocycles. The van der Waals surface area contributed by atoms with Crippen molar-refractivity contribution in [1.82, 2.24) is 5.32 Å². The summed E-state index contributed by atoms with van der Waals surface area (Å²) in [6, 6.07) is -1.67. The molecule has 0 spiro atoms. The van der Waals surface area contributed by atoms with Crippen molar-refractivity contribution < 1.29 is 37.4 Å². The lowest BCUT2D eigenvalue weighted by atomic mass is 10.1. The minimum absolute atomic E-state index is 0.545. The fraction of sp³-hybridized carbons (Fsp3) is 0.625. The van der Waals surface area contributed by atoms with E-state index in [1.54, 1.807) is 0 Å². The molecule has 0 aliphatic carbocycles. The number of ether oxygens (including phenoxy) is 1. The van der Waals surface area contributed by atoms with Crippen molar-refractivity contribution in [3.8, 4) is 0 Å². The molecule has 0 saturated heterocycles. The standard InChI is InChI=1S/C8H10F3NO5/c1-17-6(15)4(2-3-5(13)14)12-7(16)8(9,10)11/h4H,2-3H2,1H3,(H,12,16)(H,13,14)/p-1/t4-/m1/s1. The maximum atomic E-state index is 11.9. The molecule has 0 aliphatic heterocycles. The summed E-state index contributed by atoms with van der Waals surface area (Å²) in [5, 5.41) is 11.4. The Morgan fingerprint density at radius 1 is 1.35 bits per heavy atom. The van der Waals surface area contributed by atoms with Crippen LogP contribution in [0.15, 0.2) is 0 Å². The molecule has 0 bridgehead atoms. The summed E-state index contributed by atoms with van der Waals surface area (Å²) in [5.74, 6) is -5.06. The van der Waals surface area contributed by atoms with Gasteiger partial charge in [-0.1, -0.05) is 0 Å². The van der Waals surface area contributed by atoms with Crippen LogP contribution >= 0.6 is 0 Å². The highest BCUT2D eigenvalue weighted by Gasteiger charge is 2.40. The highest BCUT2D eigenvalue weighted by molar-refractivity contribution is 5.87. The van der Waals surface area contributed by atoms with Crippen LogP contribution in [0.5, 0.6) is 0 Å². The number of amides is 1. The summed E-state index contributed by atoms with van der Waals surface area (Å²) in [4.78, 5) is 31.6. The lowest BCUT2D eigenvalue weighted by Gasteiger charge is -2.17. The smallest absolute Gasteiger partial charge is 0.471 e. The van der Waals surface area contributed by atoms with Crippen molar-refractivity contribution in [2.45, 2.75) is 25.1 Å². The number of alkyl halides is 3. The van der Waals surface area contributed by atoms with Gasteiger partial charge in [-0.15, -0.1) is 0 Å². The molecule has 17 heavy (non-hydrogen) atoms. The van der Waals surface area contributed by atoms with Gasteiger partial charge in [-0.3, -0.25) is 4.79 Å². The van der Waals surface area contributed by atoms with Gasteiger partial charge in [0.2, 0.25) is 0 Å². The Balaban J connectivity index is 4.55. The molecule has 0 rings (SSSR count). The van der Waals surface area contributed by atoms with Crippen LogP contribution < -0.4 is 10.4 Å². The molecule has 1 atom stereocenters. The number of methoxy groups -OCH3 is 1. The third-order valence-corrected chi connectivity index (χ3v) is 1.69. The lowest BCUT2D eigenvalue weighted by Crippen LogP contribution is -2.47. The molecule has 0 heterocycles. The monoisotopic (exact) mass is 256 g/mol. The first-order valence-corrected chi connectivity index (χ1v) is 4.33. The normalized spacial score (nSPS) is 12.7. The first-order chi connectivity index (χ1) is 7.68.